The summed E-state index contributed by atoms with van der Waals surface area (Å²) in [7, 11) is 6.81. The third-order valence-corrected chi connectivity index (χ3v) is 2.18. The van der Waals surface area contributed by atoms with Gasteiger partial charge in [-0.3, -0.25) is 0 Å². The van der Waals surface area contributed by atoms with E-state index in [0.29, 0.717) is 0 Å². The first kappa shape index (κ1) is 17.6. The molecule has 0 radical (unpaired) electrons. The molecule has 0 saturated heterocycles. The maximum absolute atomic E-state index is 8.56. The molecule has 0 unspecified atom stereocenters. The molecule has 0 saturated carbocycles. The van der Waals surface area contributed by atoms with E-state index in [4.69, 9.17) is 15.0 Å². The lowest BCUT2D eigenvalue weighted by molar-refractivity contribution is -0.870. The van der Waals surface area contributed by atoms with Crippen molar-refractivity contribution in [3.63, 3.8) is 0 Å². The molecule has 0 aromatic carbocycles. The number of nitrogens with zero attached hydrogens (tertiary/aromatic N) is 1. The molecule has 0 spiro atoms. The van der Waals surface area contributed by atoms with Gasteiger partial charge in [-0.25, -0.2) is 4.79 Å². The fraction of sp³-hybridized carbons (Fsp3) is 0.917. The van der Waals surface area contributed by atoms with Crippen LogP contribution in [-0.2, 0) is 0 Å². The van der Waals surface area contributed by atoms with Crippen LogP contribution in [0.1, 0.15) is 45.4 Å². The second-order valence-electron chi connectivity index (χ2n) is 5.06. The Balaban J connectivity index is 0. The summed E-state index contributed by atoms with van der Waals surface area (Å²) in [5, 5.41) is 13.9. The quantitative estimate of drug-likeness (QED) is 0.525. The summed E-state index contributed by atoms with van der Waals surface area (Å²) >= 11 is 0. The van der Waals surface area contributed by atoms with Crippen LogP contribution in [0.5, 0.6) is 0 Å². The maximum Gasteiger partial charge on any atom is 0.503 e. The molecule has 0 aromatic heterocycles. The minimum atomic E-state index is -1.83. The van der Waals surface area contributed by atoms with E-state index < -0.39 is 6.16 Å². The number of hydrogen-bond acceptors (Lipinski definition) is 1. The summed E-state index contributed by atoms with van der Waals surface area (Å²) < 4.78 is 1.12. The highest BCUT2D eigenvalue weighted by atomic mass is 16.6. The Morgan fingerprint density at radius 1 is 0.938 bits per heavy atom. The van der Waals surface area contributed by atoms with Gasteiger partial charge in [-0.05, 0) is 12.8 Å². The Morgan fingerprint density at radius 2 is 1.31 bits per heavy atom. The van der Waals surface area contributed by atoms with Crippen LogP contribution in [0, 0.1) is 0 Å². The minimum absolute atomic E-state index is 1.12. The normalized spacial score (nSPS) is 10.5. The number of unbranched alkanes of at least 4 members (excludes halogenated alkanes) is 5. The van der Waals surface area contributed by atoms with Gasteiger partial charge in [0.15, 0.2) is 0 Å². The molecule has 4 heteroatoms. The van der Waals surface area contributed by atoms with Crippen molar-refractivity contribution >= 4 is 6.16 Å². The molecule has 0 aliphatic rings. The number of carbonyl (C=O) groups is 1. The van der Waals surface area contributed by atoms with Crippen molar-refractivity contribution in [2.75, 3.05) is 27.7 Å². The van der Waals surface area contributed by atoms with E-state index in [2.05, 4.69) is 28.1 Å². The third-order valence-electron chi connectivity index (χ3n) is 2.18. The van der Waals surface area contributed by atoms with E-state index in [1.807, 2.05) is 0 Å². The summed E-state index contributed by atoms with van der Waals surface area (Å²) in [6.07, 6.45) is 6.64. The first-order valence-corrected chi connectivity index (χ1v) is 6.02. The van der Waals surface area contributed by atoms with Crippen LogP contribution >= 0.6 is 0 Å². The third kappa shape index (κ3) is 29.2. The molecule has 0 amide bonds. The molecular formula is C12H28NO3+. The van der Waals surface area contributed by atoms with E-state index in [-0.39, 0.29) is 0 Å². The summed E-state index contributed by atoms with van der Waals surface area (Å²) in [5.41, 5.74) is 0. The van der Waals surface area contributed by atoms with E-state index >= 15 is 0 Å². The van der Waals surface area contributed by atoms with Crippen LogP contribution in [0.15, 0.2) is 0 Å². The molecule has 16 heavy (non-hydrogen) atoms. The fourth-order valence-corrected chi connectivity index (χ4v) is 1.37. The van der Waals surface area contributed by atoms with Gasteiger partial charge in [-0.1, -0.05) is 32.6 Å². The molecule has 0 aromatic rings. The lowest BCUT2D eigenvalue weighted by atomic mass is 10.1. The molecule has 0 aliphatic heterocycles. The van der Waals surface area contributed by atoms with Crippen LogP contribution in [0.4, 0.5) is 4.79 Å². The predicted octanol–water partition coefficient (Wildman–Crippen LogP) is 3.28. The lowest BCUT2D eigenvalue weighted by Crippen LogP contribution is -2.35. The van der Waals surface area contributed by atoms with Crippen LogP contribution in [0.2, 0.25) is 0 Å². The summed E-state index contributed by atoms with van der Waals surface area (Å²) in [4.78, 5) is 8.56. The van der Waals surface area contributed by atoms with Gasteiger partial charge in [0.1, 0.15) is 0 Å². The molecule has 98 valence electrons. The van der Waals surface area contributed by atoms with Gasteiger partial charge in [-0.15, -0.1) is 0 Å². The van der Waals surface area contributed by atoms with Crippen LogP contribution in [0.25, 0.3) is 0 Å². The van der Waals surface area contributed by atoms with Crippen molar-refractivity contribution in [2.24, 2.45) is 0 Å². The zero-order chi connectivity index (χ0) is 13.0. The van der Waals surface area contributed by atoms with Gasteiger partial charge in [0.05, 0.1) is 27.7 Å². The maximum atomic E-state index is 8.56. The Morgan fingerprint density at radius 3 is 1.69 bits per heavy atom. The van der Waals surface area contributed by atoms with Crippen LogP contribution in [0.3, 0.4) is 0 Å². The Labute approximate surface area is 99.5 Å². The van der Waals surface area contributed by atoms with Gasteiger partial charge in [0, 0.05) is 0 Å². The standard InChI is InChI=1S/C11H26N.CH2O3/c1-5-6-7-8-9-10-11-12(2,3)4;2-1(3)4/h5-11H2,1-4H3;(H2,2,3,4)/q+1;. The van der Waals surface area contributed by atoms with E-state index in [0.717, 1.165) is 4.48 Å². The van der Waals surface area contributed by atoms with Crippen molar-refractivity contribution in [1.29, 1.82) is 0 Å². The molecule has 0 heterocycles. The van der Waals surface area contributed by atoms with Crippen molar-refractivity contribution in [3.05, 3.63) is 0 Å². The van der Waals surface area contributed by atoms with Crippen molar-refractivity contribution in [1.82, 2.24) is 0 Å². The van der Waals surface area contributed by atoms with Crippen molar-refractivity contribution < 1.29 is 19.5 Å². The number of rotatable bonds is 7. The Kier molecular flexibility index (Phi) is 11.8. The summed E-state index contributed by atoms with van der Waals surface area (Å²) in [5.74, 6) is 0. The van der Waals surface area contributed by atoms with Crippen molar-refractivity contribution in [2.45, 2.75) is 45.4 Å². The Hall–Kier alpha value is -0.770. The average Bonchev–Trinajstić information content (AvgIpc) is 2.08. The molecule has 0 aliphatic carbocycles. The highest BCUT2D eigenvalue weighted by Gasteiger charge is 2.04. The number of hydrogen-bond donors (Lipinski definition) is 2. The second-order valence-corrected chi connectivity index (χ2v) is 5.06. The van der Waals surface area contributed by atoms with Gasteiger partial charge in [0.25, 0.3) is 0 Å². The van der Waals surface area contributed by atoms with E-state index in [1.54, 1.807) is 0 Å². The highest BCUT2D eigenvalue weighted by molar-refractivity contribution is 5.53. The minimum Gasteiger partial charge on any atom is -0.450 e. The summed E-state index contributed by atoms with van der Waals surface area (Å²) in [6.45, 7) is 3.60. The van der Waals surface area contributed by atoms with Gasteiger partial charge >= 0.3 is 6.16 Å². The molecule has 4 nitrogen and oxygen atoms in total. The molecule has 2 N–H and O–H groups in total. The van der Waals surface area contributed by atoms with E-state index in [9.17, 15) is 0 Å². The smallest absolute Gasteiger partial charge is 0.450 e. The first-order valence-electron chi connectivity index (χ1n) is 6.02. The molecule has 0 bridgehead atoms. The van der Waals surface area contributed by atoms with Gasteiger partial charge in [0.2, 0.25) is 0 Å². The van der Waals surface area contributed by atoms with Crippen molar-refractivity contribution in [3.8, 4) is 0 Å². The first-order chi connectivity index (χ1) is 7.29. The monoisotopic (exact) mass is 234 g/mol. The molecular weight excluding hydrogens is 206 g/mol. The second kappa shape index (κ2) is 10.7. The van der Waals surface area contributed by atoms with Crippen LogP contribution < -0.4 is 0 Å². The SMILES string of the molecule is CCCCCCCC[N+](C)(C)C.O=C(O)O. The molecule has 0 rings (SSSR count). The zero-order valence-electron chi connectivity index (χ0n) is 11.2. The largest absolute Gasteiger partial charge is 0.503 e. The number of quaternary nitrogens is 1. The average molecular weight is 234 g/mol. The van der Waals surface area contributed by atoms with Gasteiger partial charge in [-0.2, -0.15) is 0 Å². The fourth-order valence-electron chi connectivity index (χ4n) is 1.37. The Bertz CT molecular complexity index is 160. The zero-order valence-corrected chi connectivity index (χ0v) is 11.2. The highest BCUT2D eigenvalue weighted by Crippen LogP contribution is 2.06. The summed E-state index contributed by atoms with van der Waals surface area (Å²) in [6, 6.07) is 0. The molecule has 0 fully saturated rings. The number of carboxylic acid groups (broad SMARTS) is 2. The lowest BCUT2D eigenvalue weighted by Gasteiger charge is -2.23. The predicted molar refractivity (Wildman–Crippen MR) is 66.9 cm³/mol. The molecule has 0 atom stereocenters. The van der Waals surface area contributed by atoms with E-state index in [1.165, 1.54) is 45.1 Å². The van der Waals surface area contributed by atoms with Crippen LogP contribution in [-0.4, -0.2) is 48.5 Å². The van der Waals surface area contributed by atoms with Gasteiger partial charge < -0.3 is 14.7 Å². The topological polar surface area (TPSA) is 57.5 Å².